The third-order valence-electron chi connectivity index (χ3n) is 3.01. The Morgan fingerprint density at radius 3 is 2.57 bits per heavy atom. The lowest BCUT2D eigenvalue weighted by atomic mass is 10.1. The van der Waals surface area contributed by atoms with Gasteiger partial charge < -0.3 is 15.6 Å². The molecule has 0 unspecified atom stereocenters. The number of fused-ring (bicyclic) bond motifs is 1. The molecule has 0 aliphatic rings. The van der Waals surface area contributed by atoms with Crippen molar-refractivity contribution in [3.8, 4) is 0 Å². The van der Waals surface area contributed by atoms with E-state index in [1.165, 1.54) is 25.2 Å². The van der Waals surface area contributed by atoms with Crippen LogP contribution in [0.4, 0.5) is 18.9 Å². The summed E-state index contributed by atoms with van der Waals surface area (Å²) in [5, 5.41) is 2.56. The van der Waals surface area contributed by atoms with Crippen molar-refractivity contribution in [1.29, 1.82) is 0 Å². The van der Waals surface area contributed by atoms with Crippen molar-refractivity contribution in [2.45, 2.75) is 6.18 Å². The predicted octanol–water partition coefficient (Wildman–Crippen LogP) is 1.45. The molecule has 1 aromatic carbocycles. The molecule has 0 saturated carbocycles. The standard InChI is InChI=1S/C13H12F3N3O2/c1-19-9-4-7(18-12(21)6-17)2-3-8(9)10(20)5-11(19)13(14,15)16/h2-5H,6,17H2,1H3,(H,18,21). The molecule has 2 rings (SSSR count). The number of alkyl halides is 3. The van der Waals surface area contributed by atoms with Gasteiger partial charge in [-0.3, -0.25) is 9.59 Å². The molecule has 0 aliphatic heterocycles. The van der Waals surface area contributed by atoms with Gasteiger partial charge in [0.25, 0.3) is 0 Å². The second-order valence-electron chi connectivity index (χ2n) is 4.43. The van der Waals surface area contributed by atoms with Crippen molar-refractivity contribution in [2.75, 3.05) is 11.9 Å². The van der Waals surface area contributed by atoms with Crippen LogP contribution < -0.4 is 16.5 Å². The number of anilines is 1. The number of aryl methyl sites for hydroxylation is 1. The topological polar surface area (TPSA) is 77.1 Å². The van der Waals surface area contributed by atoms with Crippen LogP contribution in [0.5, 0.6) is 0 Å². The Morgan fingerprint density at radius 2 is 2.00 bits per heavy atom. The number of pyridine rings is 1. The molecule has 0 spiro atoms. The fourth-order valence-electron chi connectivity index (χ4n) is 2.01. The molecule has 1 amide bonds. The number of carbonyl (C=O) groups excluding carboxylic acids is 1. The Bertz CT molecular complexity index is 766. The monoisotopic (exact) mass is 299 g/mol. The zero-order chi connectivity index (χ0) is 15.8. The summed E-state index contributed by atoms with van der Waals surface area (Å²) < 4.78 is 39.5. The van der Waals surface area contributed by atoms with Crippen molar-refractivity contribution in [3.05, 3.63) is 40.2 Å². The van der Waals surface area contributed by atoms with Gasteiger partial charge in [0, 0.05) is 24.2 Å². The molecule has 112 valence electrons. The van der Waals surface area contributed by atoms with Crippen LogP contribution in [0.2, 0.25) is 0 Å². The quantitative estimate of drug-likeness (QED) is 0.881. The molecular formula is C13H12F3N3O2. The lowest BCUT2D eigenvalue weighted by Gasteiger charge is -2.15. The summed E-state index contributed by atoms with van der Waals surface area (Å²) in [4.78, 5) is 23.0. The van der Waals surface area contributed by atoms with Crippen LogP contribution in [0.1, 0.15) is 5.69 Å². The fraction of sp³-hybridized carbons (Fsp3) is 0.231. The second kappa shape index (κ2) is 5.21. The third-order valence-corrected chi connectivity index (χ3v) is 3.01. The van der Waals surface area contributed by atoms with Crippen LogP contribution in [0, 0.1) is 0 Å². The molecular weight excluding hydrogens is 287 g/mol. The van der Waals surface area contributed by atoms with Gasteiger partial charge in [0.05, 0.1) is 12.1 Å². The highest BCUT2D eigenvalue weighted by atomic mass is 19.4. The molecule has 2 aromatic rings. The maximum Gasteiger partial charge on any atom is 0.431 e. The predicted molar refractivity (Wildman–Crippen MR) is 71.9 cm³/mol. The highest BCUT2D eigenvalue weighted by molar-refractivity contribution is 5.94. The van der Waals surface area contributed by atoms with E-state index in [1.54, 1.807) is 0 Å². The van der Waals surface area contributed by atoms with Gasteiger partial charge in [-0.15, -0.1) is 0 Å². The van der Waals surface area contributed by atoms with Crippen molar-refractivity contribution < 1.29 is 18.0 Å². The van der Waals surface area contributed by atoms with Gasteiger partial charge in [0.2, 0.25) is 5.91 Å². The average Bonchev–Trinajstić information content (AvgIpc) is 2.41. The maximum atomic E-state index is 12.9. The Labute approximate surface area is 117 Å². The van der Waals surface area contributed by atoms with E-state index in [-0.39, 0.29) is 23.1 Å². The Balaban J connectivity index is 2.67. The van der Waals surface area contributed by atoms with Crippen LogP contribution >= 0.6 is 0 Å². The Morgan fingerprint density at radius 1 is 1.33 bits per heavy atom. The van der Waals surface area contributed by atoms with Crippen LogP contribution in [-0.4, -0.2) is 17.0 Å². The van der Waals surface area contributed by atoms with Crippen molar-refractivity contribution in [1.82, 2.24) is 4.57 Å². The highest BCUT2D eigenvalue weighted by Gasteiger charge is 2.34. The molecule has 0 aliphatic carbocycles. The summed E-state index contributed by atoms with van der Waals surface area (Å²) in [7, 11) is 1.21. The molecule has 1 aromatic heterocycles. The Hall–Kier alpha value is -2.35. The smallest absolute Gasteiger partial charge is 0.340 e. The van der Waals surface area contributed by atoms with E-state index in [0.29, 0.717) is 6.07 Å². The molecule has 8 heteroatoms. The lowest BCUT2D eigenvalue weighted by molar-refractivity contribution is -0.143. The first-order valence-electron chi connectivity index (χ1n) is 5.95. The first-order valence-corrected chi connectivity index (χ1v) is 5.95. The van der Waals surface area contributed by atoms with Crippen LogP contribution in [0.15, 0.2) is 29.1 Å². The summed E-state index contributed by atoms with van der Waals surface area (Å²) in [5.74, 6) is -0.480. The van der Waals surface area contributed by atoms with E-state index in [9.17, 15) is 22.8 Å². The number of benzene rings is 1. The van der Waals surface area contributed by atoms with E-state index in [4.69, 9.17) is 5.73 Å². The lowest BCUT2D eigenvalue weighted by Crippen LogP contribution is -2.22. The molecule has 0 fully saturated rings. The number of hydrogen-bond donors (Lipinski definition) is 2. The summed E-state index contributed by atoms with van der Waals surface area (Å²) in [6.45, 7) is -0.250. The summed E-state index contributed by atoms with van der Waals surface area (Å²) in [5.41, 5.74) is 3.71. The maximum absolute atomic E-state index is 12.9. The van der Waals surface area contributed by atoms with Crippen molar-refractivity contribution in [2.24, 2.45) is 12.8 Å². The van der Waals surface area contributed by atoms with Gasteiger partial charge >= 0.3 is 6.18 Å². The number of halogens is 3. The molecule has 1 heterocycles. The minimum Gasteiger partial charge on any atom is -0.340 e. The number of nitrogens with two attached hydrogens (primary N) is 1. The van der Waals surface area contributed by atoms with Gasteiger partial charge in [-0.2, -0.15) is 13.2 Å². The zero-order valence-corrected chi connectivity index (χ0v) is 11.0. The number of rotatable bonds is 2. The van der Waals surface area contributed by atoms with E-state index in [1.807, 2.05) is 0 Å². The van der Waals surface area contributed by atoms with Crippen LogP contribution in [0.25, 0.3) is 10.9 Å². The first-order chi connectivity index (χ1) is 9.74. The van der Waals surface area contributed by atoms with Gasteiger partial charge in [-0.25, -0.2) is 0 Å². The Kier molecular flexibility index (Phi) is 3.73. The van der Waals surface area contributed by atoms with Crippen molar-refractivity contribution >= 4 is 22.5 Å². The number of nitrogens with one attached hydrogen (secondary N) is 1. The fourth-order valence-corrected chi connectivity index (χ4v) is 2.01. The average molecular weight is 299 g/mol. The van der Waals surface area contributed by atoms with Gasteiger partial charge in [0.15, 0.2) is 5.43 Å². The highest BCUT2D eigenvalue weighted by Crippen LogP contribution is 2.30. The number of amides is 1. The van der Waals surface area contributed by atoms with Gasteiger partial charge in [-0.05, 0) is 18.2 Å². The first kappa shape index (κ1) is 15.0. The molecule has 0 saturated heterocycles. The molecule has 5 nitrogen and oxygen atoms in total. The number of carbonyl (C=O) groups is 1. The number of aromatic nitrogens is 1. The second-order valence-corrected chi connectivity index (χ2v) is 4.43. The van der Waals surface area contributed by atoms with Crippen molar-refractivity contribution in [3.63, 3.8) is 0 Å². The number of nitrogens with zero attached hydrogens (tertiary/aromatic N) is 1. The normalized spacial score (nSPS) is 11.7. The van der Waals surface area contributed by atoms with E-state index in [2.05, 4.69) is 5.32 Å². The van der Waals surface area contributed by atoms with E-state index >= 15 is 0 Å². The molecule has 0 radical (unpaired) electrons. The van der Waals surface area contributed by atoms with Crippen LogP contribution in [0.3, 0.4) is 0 Å². The zero-order valence-electron chi connectivity index (χ0n) is 11.0. The molecule has 21 heavy (non-hydrogen) atoms. The largest absolute Gasteiger partial charge is 0.431 e. The minimum absolute atomic E-state index is 0.0737. The third kappa shape index (κ3) is 2.89. The van der Waals surface area contributed by atoms with Crippen LogP contribution in [-0.2, 0) is 18.0 Å². The summed E-state index contributed by atoms with van der Waals surface area (Å²) >= 11 is 0. The molecule has 0 bridgehead atoms. The number of hydrogen-bond acceptors (Lipinski definition) is 3. The molecule has 3 N–H and O–H groups in total. The van der Waals surface area contributed by atoms with E-state index < -0.39 is 23.2 Å². The summed E-state index contributed by atoms with van der Waals surface area (Å²) in [6.07, 6.45) is -4.64. The van der Waals surface area contributed by atoms with Gasteiger partial charge in [-0.1, -0.05) is 0 Å². The molecule has 0 atom stereocenters. The van der Waals surface area contributed by atoms with Gasteiger partial charge in [0.1, 0.15) is 5.69 Å². The van der Waals surface area contributed by atoms with E-state index in [0.717, 1.165) is 4.57 Å². The minimum atomic E-state index is -4.64. The summed E-state index contributed by atoms with van der Waals surface area (Å²) in [6, 6.07) is 4.66. The SMILES string of the molecule is Cn1c(C(F)(F)F)cc(=O)c2ccc(NC(=O)CN)cc21.